The van der Waals surface area contributed by atoms with Gasteiger partial charge in [0.25, 0.3) is 0 Å². The molecule has 0 aliphatic carbocycles. The molecule has 1 heterocycles. The molecule has 0 unspecified atom stereocenters. The lowest BCUT2D eigenvalue weighted by Gasteiger charge is -2.46. The van der Waals surface area contributed by atoms with Gasteiger partial charge in [0, 0.05) is 43.1 Å². The van der Waals surface area contributed by atoms with E-state index in [1.807, 2.05) is 24.3 Å². The van der Waals surface area contributed by atoms with Crippen LogP contribution in [0.25, 0.3) is 0 Å². The number of piperazine rings is 1. The van der Waals surface area contributed by atoms with E-state index in [1.165, 1.54) is 12.1 Å². The number of benzene rings is 2. The van der Waals surface area contributed by atoms with Crippen LogP contribution < -0.4 is 21.9 Å². The summed E-state index contributed by atoms with van der Waals surface area (Å²) in [4.78, 5) is 0. The summed E-state index contributed by atoms with van der Waals surface area (Å²) in [6.45, 7) is 2.55. The fourth-order valence-corrected chi connectivity index (χ4v) is 3.70. The summed E-state index contributed by atoms with van der Waals surface area (Å²) < 4.78 is 2.22. The number of nitrogens with zero attached hydrogens (tertiary/aromatic N) is 1. The van der Waals surface area contributed by atoms with Gasteiger partial charge < -0.3 is 16.8 Å². The third-order valence-corrected chi connectivity index (χ3v) is 4.95. The Morgan fingerprint density at radius 1 is 0.909 bits per heavy atom. The quantitative estimate of drug-likeness (QED) is 0.507. The first-order valence-corrected chi connectivity index (χ1v) is 8.08. The van der Waals surface area contributed by atoms with Gasteiger partial charge in [0.1, 0.15) is 0 Å². The zero-order chi connectivity index (χ0) is 15.6. The summed E-state index contributed by atoms with van der Waals surface area (Å²) in [6.07, 6.45) is 0. The second kappa shape index (κ2) is 6.18. The number of nitrogen functional groups attached to an aromatic ring is 2. The van der Waals surface area contributed by atoms with Gasteiger partial charge in [0.05, 0.1) is 5.54 Å². The second-order valence-electron chi connectivity index (χ2n) is 5.49. The van der Waals surface area contributed by atoms with Crippen LogP contribution in [-0.2, 0) is 5.54 Å². The first kappa shape index (κ1) is 15.2. The number of anilines is 2. The highest BCUT2D eigenvalue weighted by molar-refractivity contribution is 7.94. The molecule has 7 N–H and O–H groups in total. The van der Waals surface area contributed by atoms with Crippen molar-refractivity contribution in [3.63, 3.8) is 0 Å². The second-order valence-corrected chi connectivity index (χ2v) is 6.14. The van der Waals surface area contributed by atoms with Crippen molar-refractivity contribution in [2.45, 2.75) is 5.54 Å². The van der Waals surface area contributed by atoms with Crippen LogP contribution in [0, 0.1) is 0 Å². The Morgan fingerprint density at radius 2 is 1.41 bits per heavy atom. The van der Waals surface area contributed by atoms with E-state index in [1.54, 1.807) is 0 Å². The zero-order valence-electron chi connectivity index (χ0n) is 12.3. The Hall–Kier alpha value is -1.73. The minimum atomic E-state index is -0.334. The van der Waals surface area contributed by atoms with Gasteiger partial charge in [0.2, 0.25) is 0 Å². The standard InChI is InChI=1S/C16H21N5S/c17-14-5-1-12(2-6-14)16(11-20-9-10-21(16)22-19)13-3-7-15(18)8-4-13/h1-8,20H,9-11,17-19H2. The highest BCUT2D eigenvalue weighted by atomic mass is 32.2. The van der Waals surface area contributed by atoms with Gasteiger partial charge in [0.15, 0.2) is 0 Å². The molecule has 2 aromatic rings. The lowest BCUT2D eigenvalue weighted by atomic mass is 9.81. The summed E-state index contributed by atoms with van der Waals surface area (Å²) in [5.41, 5.74) is 15.2. The summed E-state index contributed by atoms with van der Waals surface area (Å²) in [6, 6.07) is 16.0. The maximum absolute atomic E-state index is 5.98. The molecular formula is C16H21N5S. The highest BCUT2D eigenvalue weighted by Crippen LogP contribution is 2.40. The molecule has 116 valence electrons. The Morgan fingerprint density at radius 3 is 1.86 bits per heavy atom. The van der Waals surface area contributed by atoms with Crippen molar-refractivity contribution in [1.82, 2.24) is 9.62 Å². The van der Waals surface area contributed by atoms with E-state index in [9.17, 15) is 0 Å². The van der Waals surface area contributed by atoms with Crippen molar-refractivity contribution in [1.29, 1.82) is 0 Å². The van der Waals surface area contributed by atoms with Crippen LogP contribution in [0.2, 0.25) is 0 Å². The van der Waals surface area contributed by atoms with Crippen molar-refractivity contribution < 1.29 is 0 Å². The molecule has 1 fully saturated rings. The van der Waals surface area contributed by atoms with Gasteiger partial charge in [-0.05, 0) is 35.4 Å². The van der Waals surface area contributed by atoms with E-state index < -0.39 is 0 Å². The van der Waals surface area contributed by atoms with Crippen LogP contribution in [0.1, 0.15) is 11.1 Å². The molecule has 5 nitrogen and oxygen atoms in total. The van der Waals surface area contributed by atoms with Gasteiger partial charge in [-0.15, -0.1) is 0 Å². The minimum absolute atomic E-state index is 0.334. The maximum Gasteiger partial charge on any atom is 0.0948 e. The Balaban J connectivity index is 2.16. The monoisotopic (exact) mass is 315 g/mol. The number of nitrogens with two attached hydrogens (primary N) is 3. The molecule has 0 saturated carbocycles. The highest BCUT2D eigenvalue weighted by Gasteiger charge is 2.42. The molecule has 0 amide bonds. The average molecular weight is 315 g/mol. The molecule has 1 saturated heterocycles. The number of nitrogens with one attached hydrogen (secondary N) is 1. The molecule has 0 radical (unpaired) electrons. The van der Waals surface area contributed by atoms with Crippen molar-refractivity contribution in [3.05, 3.63) is 59.7 Å². The molecule has 0 spiro atoms. The molecular weight excluding hydrogens is 294 g/mol. The van der Waals surface area contributed by atoms with E-state index in [2.05, 4.69) is 33.9 Å². The van der Waals surface area contributed by atoms with Crippen molar-refractivity contribution in [2.75, 3.05) is 31.1 Å². The average Bonchev–Trinajstić information content (AvgIpc) is 2.56. The molecule has 1 aliphatic heterocycles. The molecule has 3 rings (SSSR count). The van der Waals surface area contributed by atoms with E-state index in [0.29, 0.717) is 0 Å². The summed E-state index contributed by atoms with van der Waals surface area (Å²) in [5.74, 6) is 0. The molecule has 0 atom stereocenters. The summed E-state index contributed by atoms with van der Waals surface area (Å²) in [7, 11) is 0. The number of rotatable bonds is 3. The first-order valence-electron chi connectivity index (χ1n) is 7.24. The van der Waals surface area contributed by atoms with Gasteiger partial charge in [-0.1, -0.05) is 24.3 Å². The van der Waals surface area contributed by atoms with E-state index in [0.717, 1.165) is 42.1 Å². The largest absolute Gasteiger partial charge is 0.399 e. The van der Waals surface area contributed by atoms with E-state index >= 15 is 0 Å². The zero-order valence-corrected chi connectivity index (χ0v) is 13.1. The Bertz CT molecular complexity index is 580. The third-order valence-electron chi connectivity index (χ3n) is 4.20. The molecule has 6 heteroatoms. The van der Waals surface area contributed by atoms with Crippen LogP contribution in [0.5, 0.6) is 0 Å². The first-order chi connectivity index (χ1) is 10.7. The predicted molar refractivity (Wildman–Crippen MR) is 93.8 cm³/mol. The number of hydrogen-bond acceptors (Lipinski definition) is 6. The maximum atomic E-state index is 5.98. The smallest absolute Gasteiger partial charge is 0.0948 e. The van der Waals surface area contributed by atoms with Crippen LogP contribution in [0.15, 0.2) is 48.5 Å². The lowest BCUT2D eigenvalue weighted by Crippen LogP contribution is -2.57. The minimum Gasteiger partial charge on any atom is -0.399 e. The lowest BCUT2D eigenvalue weighted by molar-refractivity contribution is 0.206. The van der Waals surface area contributed by atoms with Crippen molar-refractivity contribution >= 4 is 23.5 Å². The number of hydrogen-bond donors (Lipinski definition) is 4. The van der Waals surface area contributed by atoms with Gasteiger partial charge in [-0.2, -0.15) is 0 Å². The Labute approximate surface area is 135 Å². The van der Waals surface area contributed by atoms with E-state index in [4.69, 9.17) is 16.6 Å². The molecule has 2 aromatic carbocycles. The van der Waals surface area contributed by atoms with Crippen LogP contribution in [0.3, 0.4) is 0 Å². The molecule has 1 aliphatic rings. The van der Waals surface area contributed by atoms with Crippen LogP contribution >= 0.6 is 12.1 Å². The van der Waals surface area contributed by atoms with Crippen LogP contribution in [0.4, 0.5) is 11.4 Å². The van der Waals surface area contributed by atoms with Gasteiger partial charge >= 0.3 is 0 Å². The fraction of sp³-hybridized carbons (Fsp3) is 0.250. The molecule has 0 aromatic heterocycles. The summed E-state index contributed by atoms with van der Waals surface area (Å²) >= 11 is 1.28. The molecule has 0 bridgehead atoms. The van der Waals surface area contributed by atoms with Gasteiger partial charge in [-0.25, -0.2) is 4.31 Å². The topological polar surface area (TPSA) is 93.3 Å². The predicted octanol–water partition coefficient (Wildman–Crippen LogP) is 1.52. The molecule has 22 heavy (non-hydrogen) atoms. The summed E-state index contributed by atoms with van der Waals surface area (Å²) in [5, 5.41) is 9.47. The van der Waals surface area contributed by atoms with Crippen molar-refractivity contribution in [2.24, 2.45) is 5.14 Å². The SMILES string of the molecule is NSN1CCNCC1(c1ccc(N)cc1)c1ccc(N)cc1. The van der Waals surface area contributed by atoms with E-state index in [-0.39, 0.29) is 5.54 Å². The fourth-order valence-electron chi connectivity index (χ4n) is 3.05. The van der Waals surface area contributed by atoms with Crippen molar-refractivity contribution in [3.8, 4) is 0 Å². The third kappa shape index (κ3) is 2.55. The Kier molecular flexibility index (Phi) is 4.26. The van der Waals surface area contributed by atoms with Gasteiger partial charge in [-0.3, -0.25) is 5.14 Å². The van der Waals surface area contributed by atoms with Crippen LogP contribution in [-0.4, -0.2) is 23.9 Å². The normalized spacial score (nSPS) is 18.2.